The van der Waals surface area contributed by atoms with E-state index in [1.54, 1.807) is 0 Å². The van der Waals surface area contributed by atoms with Crippen molar-refractivity contribution < 1.29 is 16.8 Å². The molecule has 0 amide bonds. The number of sulfone groups is 2. The smallest absolute Gasteiger partial charge is 0.221 e. The highest BCUT2D eigenvalue weighted by Gasteiger charge is 2.19. The minimum atomic E-state index is -3.72. The van der Waals surface area contributed by atoms with Gasteiger partial charge >= 0.3 is 0 Å². The molecule has 0 aromatic carbocycles. The first kappa shape index (κ1) is 12.3. The lowest BCUT2D eigenvalue weighted by Crippen LogP contribution is -2.11. The zero-order chi connectivity index (χ0) is 11.9. The van der Waals surface area contributed by atoms with Crippen molar-refractivity contribution in [1.29, 1.82) is 0 Å². The molecule has 0 aliphatic heterocycles. The molecular formula is C5H6ClN3O4S2. The number of aromatic nitrogens is 3. The van der Waals surface area contributed by atoms with Crippen molar-refractivity contribution in [1.82, 2.24) is 15.0 Å². The quantitative estimate of drug-likeness (QED) is 0.702. The van der Waals surface area contributed by atoms with Crippen LogP contribution in [0.15, 0.2) is 10.3 Å². The van der Waals surface area contributed by atoms with Gasteiger partial charge in [-0.1, -0.05) is 0 Å². The van der Waals surface area contributed by atoms with Crippen LogP contribution in [0.3, 0.4) is 0 Å². The Morgan fingerprint density at radius 3 is 1.47 bits per heavy atom. The number of nitrogens with zero attached hydrogens (tertiary/aromatic N) is 3. The Hall–Kier alpha value is -0.800. The predicted molar refractivity (Wildman–Crippen MR) is 51.1 cm³/mol. The van der Waals surface area contributed by atoms with Crippen molar-refractivity contribution in [2.45, 2.75) is 10.3 Å². The Labute approximate surface area is 91.4 Å². The molecule has 0 spiro atoms. The summed E-state index contributed by atoms with van der Waals surface area (Å²) in [6.07, 6.45) is 1.68. The van der Waals surface area contributed by atoms with Crippen LogP contribution in [0.25, 0.3) is 0 Å². The standard InChI is InChI=1S/C5H6ClN3O4S2/c1-14(10,11)4-7-3(6)8-5(9-4)15(2,12)13/h1-2H3. The monoisotopic (exact) mass is 271 g/mol. The minimum Gasteiger partial charge on any atom is -0.221 e. The lowest BCUT2D eigenvalue weighted by atomic mass is 11.1. The third-order valence-electron chi connectivity index (χ3n) is 1.23. The largest absolute Gasteiger partial charge is 0.252 e. The summed E-state index contributed by atoms with van der Waals surface area (Å²) < 4.78 is 44.2. The summed E-state index contributed by atoms with van der Waals surface area (Å²) >= 11 is 5.37. The fraction of sp³-hybridized carbons (Fsp3) is 0.400. The van der Waals surface area contributed by atoms with E-state index in [1.165, 1.54) is 0 Å². The van der Waals surface area contributed by atoms with E-state index in [1.807, 2.05) is 0 Å². The molecule has 1 heterocycles. The summed E-state index contributed by atoms with van der Waals surface area (Å²) in [5, 5.41) is -1.81. The molecule has 1 rings (SSSR count). The topological polar surface area (TPSA) is 107 Å². The van der Waals surface area contributed by atoms with Crippen LogP contribution in [0.4, 0.5) is 0 Å². The molecule has 1 aromatic rings. The van der Waals surface area contributed by atoms with Gasteiger partial charge in [-0.15, -0.1) is 0 Å². The molecule has 0 saturated carbocycles. The summed E-state index contributed by atoms with van der Waals surface area (Å²) in [5.74, 6) is 0. The first-order chi connectivity index (χ1) is 6.60. The molecule has 15 heavy (non-hydrogen) atoms. The molecule has 0 fully saturated rings. The summed E-state index contributed by atoms with van der Waals surface area (Å²) in [4.78, 5) is 9.91. The highest BCUT2D eigenvalue weighted by Crippen LogP contribution is 2.10. The van der Waals surface area contributed by atoms with E-state index in [0.717, 1.165) is 12.5 Å². The van der Waals surface area contributed by atoms with Crippen LogP contribution in [0.2, 0.25) is 5.28 Å². The summed E-state index contributed by atoms with van der Waals surface area (Å²) in [5.41, 5.74) is 0. The van der Waals surface area contributed by atoms with Gasteiger partial charge in [0, 0.05) is 12.5 Å². The molecule has 0 aliphatic rings. The number of hydrogen-bond donors (Lipinski definition) is 0. The molecule has 84 valence electrons. The maximum absolute atomic E-state index is 11.1. The Kier molecular flexibility index (Phi) is 2.99. The highest BCUT2D eigenvalue weighted by molar-refractivity contribution is 7.91. The van der Waals surface area contributed by atoms with Crippen molar-refractivity contribution in [3.8, 4) is 0 Å². The van der Waals surface area contributed by atoms with Crippen molar-refractivity contribution in [3.63, 3.8) is 0 Å². The van der Waals surface area contributed by atoms with E-state index in [-0.39, 0.29) is 0 Å². The fourth-order valence-corrected chi connectivity index (χ4v) is 1.97. The van der Waals surface area contributed by atoms with Gasteiger partial charge in [0.1, 0.15) is 0 Å². The number of rotatable bonds is 2. The Bertz CT molecular complexity index is 544. The maximum Gasteiger partial charge on any atom is 0.252 e. The van der Waals surface area contributed by atoms with E-state index in [2.05, 4.69) is 15.0 Å². The highest BCUT2D eigenvalue weighted by atomic mass is 35.5. The van der Waals surface area contributed by atoms with Crippen LogP contribution in [0, 0.1) is 0 Å². The van der Waals surface area contributed by atoms with Crippen LogP contribution in [-0.2, 0) is 19.7 Å². The van der Waals surface area contributed by atoms with E-state index in [0.29, 0.717) is 0 Å². The average molecular weight is 272 g/mol. The Morgan fingerprint density at radius 1 is 0.867 bits per heavy atom. The zero-order valence-corrected chi connectivity index (χ0v) is 10.1. The van der Waals surface area contributed by atoms with Gasteiger partial charge in [0.25, 0.3) is 10.3 Å². The van der Waals surface area contributed by atoms with Crippen LogP contribution >= 0.6 is 11.6 Å². The zero-order valence-electron chi connectivity index (χ0n) is 7.67. The molecular weight excluding hydrogens is 266 g/mol. The van der Waals surface area contributed by atoms with Gasteiger partial charge < -0.3 is 0 Å². The molecule has 0 saturated heterocycles. The van der Waals surface area contributed by atoms with Crippen LogP contribution < -0.4 is 0 Å². The van der Waals surface area contributed by atoms with E-state index in [9.17, 15) is 16.8 Å². The van der Waals surface area contributed by atoms with Crippen LogP contribution in [-0.4, -0.2) is 44.3 Å². The van der Waals surface area contributed by atoms with Gasteiger partial charge in [-0.2, -0.15) is 15.0 Å². The summed E-state index contributed by atoms with van der Waals surface area (Å²) in [6.45, 7) is 0. The molecule has 0 atom stereocenters. The lowest BCUT2D eigenvalue weighted by molar-refractivity contribution is 0.576. The van der Waals surface area contributed by atoms with E-state index in [4.69, 9.17) is 11.6 Å². The van der Waals surface area contributed by atoms with Crippen molar-refractivity contribution in [3.05, 3.63) is 5.28 Å². The predicted octanol–water partition coefficient (Wildman–Crippen LogP) is -0.668. The van der Waals surface area contributed by atoms with Gasteiger partial charge in [0.2, 0.25) is 25.0 Å². The number of halogens is 1. The lowest BCUT2D eigenvalue weighted by Gasteiger charge is -2.00. The van der Waals surface area contributed by atoms with Gasteiger partial charge in [-0.05, 0) is 11.6 Å². The Balaban J connectivity index is 3.57. The van der Waals surface area contributed by atoms with Crippen LogP contribution in [0.5, 0.6) is 0 Å². The average Bonchev–Trinajstić information content (AvgIpc) is 1.99. The third kappa shape index (κ3) is 3.08. The van der Waals surface area contributed by atoms with Crippen molar-refractivity contribution in [2.24, 2.45) is 0 Å². The van der Waals surface area contributed by atoms with Crippen LogP contribution in [0.1, 0.15) is 0 Å². The van der Waals surface area contributed by atoms with E-state index < -0.39 is 35.3 Å². The van der Waals surface area contributed by atoms with Gasteiger partial charge in [-0.3, -0.25) is 0 Å². The molecule has 1 aromatic heterocycles. The molecule has 10 heteroatoms. The SMILES string of the molecule is CS(=O)(=O)c1nc(Cl)nc(S(C)(=O)=O)n1. The van der Waals surface area contributed by atoms with Gasteiger partial charge in [0.05, 0.1) is 0 Å². The second-order valence-electron chi connectivity index (χ2n) is 2.71. The molecule has 0 aliphatic carbocycles. The maximum atomic E-state index is 11.1. The summed E-state index contributed by atoms with van der Waals surface area (Å²) in [7, 11) is -7.44. The number of hydrogen-bond acceptors (Lipinski definition) is 7. The van der Waals surface area contributed by atoms with Crippen molar-refractivity contribution >= 4 is 31.3 Å². The molecule has 0 unspecified atom stereocenters. The molecule has 0 bridgehead atoms. The second-order valence-corrected chi connectivity index (χ2v) is 6.87. The van der Waals surface area contributed by atoms with Gasteiger partial charge in [0.15, 0.2) is 0 Å². The second kappa shape index (κ2) is 3.65. The Morgan fingerprint density at radius 2 is 1.20 bits per heavy atom. The molecule has 7 nitrogen and oxygen atoms in total. The van der Waals surface area contributed by atoms with Gasteiger partial charge in [-0.25, -0.2) is 16.8 Å². The molecule has 0 radical (unpaired) electrons. The fourth-order valence-electron chi connectivity index (χ4n) is 0.646. The van der Waals surface area contributed by atoms with E-state index >= 15 is 0 Å². The minimum absolute atomic E-state index is 0.481. The third-order valence-corrected chi connectivity index (χ3v) is 3.09. The molecule has 0 N–H and O–H groups in total. The normalized spacial score (nSPS) is 12.7. The first-order valence-corrected chi connectivity index (χ1v) is 7.58. The first-order valence-electron chi connectivity index (χ1n) is 3.42. The van der Waals surface area contributed by atoms with Crippen molar-refractivity contribution in [2.75, 3.05) is 12.5 Å². The summed E-state index contributed by atoms with van der Waals surface area (Å²) in [6, 6.07) is 0.